The number of hydrogen-bond donors (Lipinski definition) is 3. The Labute approximate surface area is 422 Å². The van der Waals surface area contributed by atoms with Crippen LogP contribution >= 0.6 is 0 Å². The highest BCUT2D eigenvalue weighted by Gasteiger charge is 2.28. The van der Waals surface area contributed by atoms with Crippen LogP contribution in [0.3, 0.4) is 0 Å². The van der Waals surface area contributed by atoms with Crippen molar-refractivity contribution in [2.24, 2.45) is 5.73 Å². The Morgan fingerprint density at radius 2 is 0.917 bits per heavy atom. The third-order valence-electron chi connectivity index (χ3n) is 14.6. The highest BCUT2D eigenvalue weighted by Crippen LogP contribution is 2.40. The SMILES string of the molecule is Cc1ccccc1Cc1ccc(-c2cc3ccccc3c3ccccc23)cc1.NCc1cccc(-c2cccc(C3Nc4ccccc4C(c4ccc(-c5cc6ccccc6c6ccccc56)cc4)N3)c2)c1. The molecule has 3 heteroatoms. The number of para-hydroxylation sites is 1. The van der Waals surface area contributed by atoms with Crippen molar-refractivity contribution in [1.82, 2.24) is 5.32 Å². The van der Waals surface area contributed by atoms with Gasteiger partial charge < -0.3 is 11.1 Å². The van der Waals surface area contributed by atoms with Gasteiger partial charge in [0.15, 0.2) is 0 Å². The van der Waals surface area contributed by atoms with E-state index in [1.54, 1.807) is 0 Å². The Kier molecular flexibility index (Phi) is 12.2. The molecule has 1 aliphatic rings. The lowest BCUT2D eigenvalue weighted by Gasteiger charge is -2.35. The van der Waals surface area contributed by atoms with Crippen LogP contribution in [0.15, 0.2) is 255 Å². The summed E-state index contributed by atoms with van der Waals surface area (Å²) in [6, 6.07) is 92.2. The molecule has 0 fully saturated rings. The van der Waals surface area contributed by atoms with Crippen LogP contribution in [0.2, 0.25) is 0 Å². The third-order valence-corrected chi connectivity index (χ3v) is 14.6. The van der Waals surface area contributed by atoms with E-state index in [1.165, 1.54) is 110 Å². The van der Waals surface area contributed by atoms with Crippen LogP contribution in [0.5, 0.6) is 0 Å². The van der Waals surface area contributed by atoms with E-state index in [-0.39, 0.29) is 12.2 Å². The Hall–Kier alpha value is -8.60. The van der Waals surface area contributed by atoms with E-state index in [4.69, 9.17) is 5.73 Å². The van der Waals surface area contributed by atoms with Gasteiger partial charge in [-0.2, -0.15) is 0 Å². The molecule has 12 aromatic rings. The van der Waals surface area contributed by atoms with Crippen LogP contribution in [-0.4, -0.2) is 0 Å². The van der Waals surface area contributed by atoms with Crippen molar-refractivity contribution in [1.29, 1.82) is 0 Å². The van der Waals surface area contributed by atoms with Gasteiger partial charge in [0.05, 0.1) is 6.04 Å². The molecule has 1 aliphatic heterocycles. The number of hydrogen-bond acceptors (Lipinski definition) is 3. The minimum absolute atomic E-state index is 0.0448. The van der Waals surface area contributed by atoms with Crippen molar-refractivity contribution in [3.05, 3.63) is 294 Å². The number of rotatable bonds is 8. The topological polar surface area (TPSA) is 50.1 Å². The van der Waals surface area contributed by atoms with Gasteiger partial charge in [-0.25, -0.2) is 0 Å². The fourth-order valence-corrected chi connectivity index (χ4v) is 10.8. The number of nitrogens with two attached hydrogens (primary N) is 1. The summed E-state index contributed by atoms with van der Waals surface area (Å²) >= 11 is 0. The van der Waals surface area contributed by atoms with Gasteiger partial charge in [0.1, 0.15) is 6.17 Å². The first kappa shape index (κ1) is 44.6. The first-order valence-electron chi connectivity index (χ1n) is 25.1. The maximum absolute atomic E-state index is 5.93. The van der Waals surface area contributed by atoms with Crippen LogP contribution in [-0.2, 0) is 13.0 Å². The molecule has 0 saturated heterocycles. The van der Waals surface area contributed by atoms with E-state index in [9.17, 15) is 0 Å². The Morgan fingerprint density at radius 3 is 1.56 bits per heavy atom. The van der Waals surface area contributed by atoms with Crippen LogP contribution < -0.4 is 16.4 Å². The zero-order valence-corrected chi connectivity index (χ0v) is 40.4. The maximum Gasteiger partial charge on any atom is 0.104 e. The first-order valence-corrected chi connectivity index (χ1v) is 25.1. The van der Waals surface area contributed by atoms with E-state index in [0.29, 0.717) is 6.54 Å². The predicted molar refractivity (Wildman–Crippen MR) is 305 cm³/mol. The van der Waals surface area contributed by atoms with Gasteiger partial charge in [-0.1, -0.05) is 224 Å². The second kappa shape index (κ2) is 19.7. The van der Waals surface area contributed by atoms with Gasteiger partial charge in [0, 0.05) is 12.2 Å². The summed E-state index contributed by atoms with van der Waals surface area (Å²) in [5, 5.41) is 18.0. The molecule has 0 aromatic heterocycles. The number of anilines is 1. The summed E-state index contributed by atoms with van der Waals surface area (Å²) in [6.45, 7) is 2.72. The Morgan fingerprint density at radius 1 is 0.389 bits per heavy atom. The summed E-state index contributed by atoms with van der Waals surface area (Å²) < 4.78 is 0. The highest BCUT2D eigenvalue weighted by molar-refractivity contribution is 6.14. The number of benzene rings is 12. The molecule has 2 unspecified atom stereocenters. The number of nitrogens with one attached hydrogen (secondary N) is 2. The zero-order chi connectivity index (χ0) is 48.4. The number of aryl methyl sites for hydroxylation is 1. The first-order chi connectivity index (χ1) is 35.5. The summed E-state index contributed by atoms with van der Waals surface area (Å²) in [5.74, 6) is 0. The molecule has 12 aromatic carbocycles. The molecule has 72 heavy (non-hydrogen) atoms. The lowest BCUT2D eigenvalue weighted by atomic mass is 9.90. The fourth-order valence-electron chi connectivity index (χ4n) is 10.8. The molecular weight excluding hydrogens is 871 g/mol. The lowest BCUT2D eigenvalue weighted by molar-refractivity contribution is 0.506. The fraction of sp³-hybridized carbons (Fsp3) is 0.0725. The standard InChI is InChI=1S/C41H33N3.C28H22/c42-26-27-9-7-11-30(23-27)31-12-8-13-33(24-31)41-43-39-18-6-5-17-37(39)40(44-41)29-21-19-28(20-22-29)38-25-32-10-1-2-14-34(32)35-15-3-4-16-36(35)38;1-20-8-2-3-9-23(20)18-21-14-16-22(17-15-21)28-19-24-10-4-5-11-25(24)26-12-6-7-13-27(26)28/h1-25,40-41,43-44H,26,42H2;2-17,19H,18H2,1H3. The maximum atomic E-state index is 5.93. The third kappa shape index (κ3) is 8.82. The Balaban J connectivity index is 0.000000163. The second-order valence-corrected chi connectivity index (χ2v) is 19.1. The molecule has 4 N–H and O–H groups in total. The van der Waals surface area contributed by atoms with E-state index < -0.39 is 0 Å². The molecule has 0 saturated carbocycles. The minimum atomic E-state index is -0.0448. The monoisotopic (exact) mass is 925 g/mol. The van der Waals surface area contributed by atoms with Crippen molar-refractivity contribution >= 4 is 48.8 Å². The summed E-state index contributed by atoms with van der Waals surface area (Å²) in [5.41, 5.74) is 23.4. The predicted octanol–water partition coefficient (Wildman–Crippen LogP) is 17.1. The van der Waals surface area contributed by atoms with E-state index in [2.05, 4.69) is 272 Å². The summed E-state index contributed by atoms with van der Waals surface area (Å²) in [7, 11) is 0. The van der Waals surface area contributed by atoms with Gasteiger partial charge in [0.2, 0.25) is 0 Å². The molecule has 13 rings (SSSR count). The summed E-state index contributed by atoms with van der Waals surface area (Å²) in [4.78, 5) is 0. The van der Waals surface area contributed by atoms with Gasteiger partial charge in [0.25, 0.3) is 0 Å². The van der Waals surface area contributed by atoms with Crippen LogP contribution in [0.4, 0.5) is 5.69 Å². The van der Waals surface area contributed by atoms with Crippen molar-refractivity contribution in [2.75, 3.05) is 5.32 Å². The second-order valence-electron chi connectivity index (χ2n) is 19.1. The highest BCUT2D eigenvalue weighted by atomic mass is 15.2. The van der Waals surface area contributed by atoms with Crippen molar-refractivity contribution < 1.29 is 0 Å². The van der Waals surface area contributed by atoms with Gasteiger partial charge in [-0.15, -0.1) is 0 Å². The van der Waals surface area contributed by atoms with Crippen molar-refractivity contribution in [3.8, 4) is 33.4 Å². The molecule has 0 aliphatic carbocycles. The summed E-state index contributed by atoms with van der Waals surface area (Å²) in [6.07, 6.45) is 0.933. The zero-order valence-electron chi connectivity index (χ0n) is 40.4. The van der Waals surface area contributed by atoms with Crippen molar-refractivity contribution in [3.63, 3.8) is 0 Å². The number of fused-ring (bicyclic) bond motifs is 7. The molecule has 0 radical (unpaired) electrons. The van der Waals surface area contributed by atoms with Gasteiger partial charge >= 0.3 is 0 Å². The molecule has 1 heterocycles. The minimum Gasteiger partial charge on any atom is -0.366 e. The quantitative estimate of drug-likeness (QED) is 0.133. The molecule has 0 bridgehead atoms. The Bertz CT molecular complexity index is 3910. The van der Waals surface area contributed by atoms with Crippen LogP contribution in [0.1, 0.15) is 51.2 Å². The van der Waals surface area contributed by atoms with E-state index in [0.717, 1.165) is 17.7 Å². The lowest BCUT2D eigenvalue weighted by Crippen LogP contribution is -2.37. The largest absolute Gasteiger partial charge is 0.366 e. The molecule has 0 spiro atoms. The molecular formula is C69H55N3. The average molecular weight is 926 g/mol. The van der Waals surface area contributed by atoms with E-state index in [1.807, 2.05) is 0 Å². The molecule has 346 valence electrons. The van der Waals surface area contributed by atoms with Crippen LogP contribution in [0, 0.1) is 6.92 Å². The molecule has 2 atom stereocenters. The molecule has 3 nitrogen and oxygen atoms in total. The van der Waals surface area contributed by atoms with E-state index >= 15 is 0 Å². The smallest absolute Gasteiger partial charge is 0.104 e. The average Bonchev–Trinajstić information content (AvgIpc) is 3.45. The van der Waals surface area contributed by atoms with Gasteiger partial charge in [-0.3, -0.25) is 5.32 Å². The van der Waals surface area contributed by atoms with Gasteiger partial charge in [-0.05, 0) is 159 Å². The normalized spacial score (nSPS) is 14.1. The molecule has 0 amide bonds. The van der Waals surface area contributed by atoms with Crippen molar-refractivity contribution in [2.45, 2.75) is 32.1 Å². The van der Waals surface area contributed by atoms with Crippen LogP contribution in [0.25, 0.3) is 76.5 Å².